The number of hydrogen-bond acceptors (Lipinski definition) is 19. The minimum Gasteiger partial charge on any atom is -0.462 e. The molecule has 19 nitrogen and oxygen atoms in total. The maximum Gasteiger partial charge on any atom is 0.308 e. The lowest BCUT2D eigenvalue weighted by Gasteiger charge is -2.47. The van der Waals surface area contributed by atoms with Gasteiger partial charge in [0.15, 0.2) is 24.7 Å². The summed E-state index contributed by atoms with van der Waals surface area (Å²) >= 11 is 0. The Kier molecular flexibility index (Phi) is 17.2. The second-order valence-electron chi connectivity index (χ2n) is 18.0. The van der Waals surface area contributed by atoms with Crippen molar-refractivity contribution in [1.82, 2.24) is 10.4 Å². The fourth-order valence-corrected chi connectivity index (χ4v) is 9.80. The van der Waals surface area contributed by atoms with Gasteiger partial charge in [-0.15, -0.1) is 0 Å². The maximum absolute atomic E-state index is 13.9. The average Bonchev–Trinajstić information content (AvgIpc) is 3.71. The van der Waals surface area contributed by atoms with Gasteiger partial charge in [0.05, 0.1) is 61.7 Å². The molecule has 0 saturated carbocycles. The number of hydroxylamine groups is 1. The van der Waals surface area contributed by atoms with Gasteiger partial charge in [-0.2, -0.15) is 5.48 Å². The van der Waals surface area contributed by atoms with E-state index in [4.69, 9.17) is 52.2 Å². The minimum atomic E-state index is -1.69. The monoisotopic (exact) mass is 866 g/mol. The van der Waals surface area contributed by atoms with Crippen LogP contribution in [0.4, 0.5) is 0 Å². The molecule has 350 valence electrons. The molecule has 0 aromatic rings. The van der Waals surface area contributed by atoms with E-state index in [0.717, 1.165) is 0 Å². The zero-order chi connectivity index (χ0) is 44.4. The van der Waals surface area contributed by atoms with Crippen molar-refractivity contribution in [1.29, 1.82) is 0 Å². The van der Waals surface area contributed by atoms with Crippen LogP contribution in [0.5, 0.6) is 0 Å². The minimum absolute atomic E-state index is 0.00837. The molecule has 0 aromatic heterocycles. The summed E-state index contributed by atoms with van der Waals surface area (Å²) in [7, 11) is 9.45. The van der Waals surface area contributed by atoms with Crippen LogP contribution in [0.15, 0.2) is 0 Å². The van der Waals surface area contributed by atoms with Crippen molar-refractivity contribution < 1.29 is 82.5 Å². The van der Waals surface area contributed by atoms with Crippen molar-refractivity contribution >= 4 is 5.97 Å². The Morgan fingerprint density at radius 1 is 0.900 bits per heavy atom. The van der Waals surface area contributed by atoms with Gasteiger partial charge in [-0.05, 0) is 53.6 Å². The summed E-state index contributed by atoms with van der Waals surface area (Å²) in [5, 5.41) is 57.4. The number of ether oxygens (including phenoxy) is 10. The Balaban J connectivity index is 1.48. The molecule has 0 radical (unpaired) electrons. The highest BCUT2D eigenvalue weighted by molar-refractivity contribution is 5.70. The number of likely N-dealkylation sites (N-methyl/N-ethyl adjacent to an activating group) is 1. The summed E-state index contributed by atoms with van der Waals surface area (Å²) in [6, 6.07) is -1.24. The van der Waals surface area contributed by atoms with Crippen molar-refractivity contribution in [3.8, 4) is 0 Å². The number of methoxy groups -OCH3 is 4. The molecule has 5 rings (SSSR count). The lowest BCUT2D eigenvalue weighted by molar-refractivity contribution is -0.307. The lowest BCUT2D eigenvalue weighted by atomic mass is 9.76. The van der Waals surface area contributed by atoms with Crippen LogP contribution in [-0.4, -0.2) is 195 Å². The quantitative estimate of drug-likeness (QED) is 0.0815. The number of aliphatic hydroxyl groups excluding tert-OH is 4. The van der Waals surface area contributed by atoms with Crippen LogP contribution in [-0.2, 0) is 57.0 Å². The fraction of sp³-hybridized carbons (Fsp3) is 0.976. The molecule has 19 heteroatoms. The Bertz CT molecular complexity index is 1370. The smallest absolute Gasteiger partial charge is 0.308 e. The van der Waals surface area contributed by atoms with E-state index in [0.29, 0.717) is 6.42 Å². The number of carbonyl (C=O) groups excluding carboxylic acids is 1. The van der Waals surface area contributed by atoms with Crippen molar-refractivity contribution in [3.05, 3.63) is 0 Å². The van der Waals surface area contributed by atoms with Gasteiger partial charge in [0.25, 0.3) is 0 Å². The van der Waals surface area contributed by atoms with Crippen LogP contribution >= 0.6 is 0 Å². The molecule has 2 bridgehead atoms. The van der Waals surface area contributed by atoms with E-state index in [9.17, 15) is 30.3 Å². The maximum atomic E-state index is 13.9. The zero-order valence-corrected chi connectivity index (χ0v) is 37.4. The third-order valence-corrected chi connectivity index (χ3v) is 13.9. The molecule has 0 amide bonds. The Labute approximate surface area is 354 Å². The van der Waals surface area contributed by atoms with Crippen molar-refractivity contribution in [3.63, 3.8) is 0 Å². The summed E-state index contributed by atoms with van der Waals surface area (Å²) in [4.78, 5) is 21.7. The highest BCUT2D eigenvalue weighted by Crippen LogP contribution is 2.51. The van der Waals surface area contributed by atoms with Crippen LogP contribution in [0.1, 0.15) is 73.6 Å². The van der Waals surface area contributed by atoms with E-state index in [1.54, 1.807) is 39.8 Å². The number of epoxide rings is 1. The summed E-state index contributed by atoms with van der Waals surface area (Å²) in [5.74, 6) is -4.79. The van der Waals surface area contributed by atoms with Crippen molar-refractivity contribution in [2.24, 2.45) is 23.7 Å². The number of esters is 1. The van der Waals surface area contributed by atoms with Crippen LogP contribution in [0.3, 0.4) is 0 Å². The van der Waals surface area contributed by atoms with Gasteiger partial charge in [0, 0.05) is 59.0 Å². The molecule has 5 aliphatic rings. The van der Waals surface area contributed by atoms with Gasteiger partial charge in [-0.1, -0.05) is 20.8 Å². The molecule has 5 fully saturated rings. The van der Waals surface area contributed by atoms with Gasteiger partial charge in [-0.25, -0.2) is 0 Å². The molecular weight excluding hydrogens is 792 g/mol. The number of carbonyl (C=O) groups is 1. The largest absolute Gasteiger partial charge is 0.462 e. The number of aliphatic hydroxyl groups is 5. The first-order valence-electron chi connectivity index (χ1n) is 21.4. The highest BCUT2D eigenvalue weighted by Gasteiger charge is 2.66. The first kappa shape index (κ1) is 49.8. The van der Waals surface area contributed by atoms with Crippen molar-refractivity contribution in [2.75, 3.05) is 49.1 Å². The third kappa shape index (κ3) is 10.5. The number of nitrogens with zero attached hydrogens (tertiary/aromatic N) is 1. The third-order valence-electron chi connectivity index (χ3n) is 13.9. The first-order valence-corrected chi connectivity index (χ1v) is 21.4. The number of hydrogen-bond donors (Lipinski definition) is 6. The van der Waals surface area contributed by atoms with E-state index >= 15 is 0 Å². The van der Waals surface area contributed by atoms with Gasteiger partial charge in [-0.3, -0.25) is 9.63 Å². The van der Waals surface area contributed by atoms with Crippen LogP contribution < -0.4 is 5.48 Å². The van der Waals surface area contributed by atoms with Crippen molar-refractivity contribution in [2.45, 2.75) is 183 Å². The molecule has 21 atom stereocenters. The predicted octanol–water partition coefficient (Wildman–Crippen LogP) is 0.0504. The van der Waals surface area contributed by atoms with E-state index < -0.39 is 146 Å². The molecule has 5 saturated heterocycles. The Morgan fingerprint density at radius 2 is 1.53 bits per heavy atom. The van der Waals surface area contributed by atoms with Crippen LogP contribution in [0, 0.1) is 23.7 Å². The molecule has 2 unspecified atom stereocenters. The predicted molar refractivity (Wildman–Crippen MR) is 211 cm³/mol. The zero-order valence-electron chi connectivity index (χ0n) is 37.4. The van der Waals surface area contributed by atoms with Crippen LogP contribution in [0.2, 0.25) is 0 Å². The normalized spacial score (nSPS) is 48.2. The molecule has 0 spiro atoms. The molecule has 0 aliphatic carbocycles. The second-order valence-corrected chi connectivity index (χ2v) is 18.0. The number of rotatable bonds is 13. The highest BCUT2D eigenvalue weighted by atomic mass is 16.8. The number of nitrogens with one attached hydrogen (secondary N) is 1. The molecule has 60 heavy (non-hydrogen) atoms. The first-order chi connectivity index (χ1) is 28.3. The Hall–Kier alpha value is -1.21. The summed E-state index contributed by atoms with van der Waals surface area (Å²) in [6.45, 7) is 10.8. The van der Waals surface area contributed by atoms with Gasteiger partial charge in [0.1, 0.15) is 36.1 Å². The summed E-state index contributed by atoms with van der Waals surface area (Å²) in [5.41, 5.74) is 2.16. The molecule has 5 heterocycles. The topological polar surface area (TPSA) is 238 Å². The number of cyclic esters (lactones) is 1. The lowest BCUT2D eigenvalue weighted by Crippen LogP contribution is -2.63. The molecule has 0 aromatic carbocycles. The fourth-order valence-electron chi connectivity index (χ4n) is 9.80. The van der Waals surface area contributed by atoms with Gasteiger partial charge >= 0.3 is 5.97 Å². The van der Waals surface area contributed by atoms with E-state index in [1.165, 1.54) is 28.4 Å². The Morgan fingerprint density at radius 3 is 2.13 bits per heavy atom. The molecule has 6 N–H and O–H groups in total. The van der Waals surface area contributed by atoms with Crippen LogP contribution in [0.25, 0.3) is 0 Å². The molecular formula is C41H74N2O17. The molecule has 5 aliphatic heterocycles. The van der Waals surface area contributed by atoms with E-state index in [-0.39, 0.29) is 25.9 Å². The second kappa shape index (κ2) is 20.7. The standard InChI is InChI=1S/C41H74N2O17/c1-13-26-24(18-54-39-36(53-12)35(52-11)32(47)22(5)56-39)37-40(6,59-37)27-17-41(49,60-42-27)19(2)14-23(15-29(50-9)51-10)34(20(3)25(44)16-28(45)57-26)58-38-33(48)30(43(7)8)31(46)21(4)55-38/h19-27,29-39,42,44,46-49H,13-18H2,1-12H3/t19-,20+,21-,22-,23-,24-,25-,26-,27?,30+,31-,32-,33-,34-,35-,36-,37-,38+,39-,40-,41?/m1/s1. The van der Waals surface area contributed by atoms with Gasteiger partial charge < -0.3 is 77.8 Å². The summed E-state index contributed by atoms with van der Waals surface area (Å²) < 4.78 is 60.4. The van der Waals surface area contributed by atoms with E-state index in [2.05, 4.69) is 5.48 Å². The average molecular weight is 867 g/mol. The number of fused-ring (bicyclic) bond motifs is 4. The SMILES string of the molecule is CC[C@H]1OC(=O)C[C@@H](O)[C@H](C)[C@@H](O[C@@H]2O[C@H](C)[C@@H](O)[C@H](N(C)C)[C@H]2O)[C@@H](CC(OC)OC)C[C@@H](C)C2(O)CC(NO2)[C@@]2(C)O[C@@H]2[C@@H]1CO[C@@H]1O[C@H](C)[C@@H](O)[C@@H](OC)[C@H]1OC. The van der Waals surface area contributed by atoms with Gasteiger partial charge in [0.2, 0.25) is 0 Å². The summed E-state index contributed by atoms with van der Waals surface area (Å²) in [6.07, 6.45) is -12.0. The van der Waals surface area contributed by atoms with E-state index in [1.807, 2.05) is 20.8 Å².